The molecule has 4 nitrogen and oxygen atoms in total. The van der Waals surface area contributed by atoms with Crippen molar-refractivity contribution < 1.29 is 19.1 Å². The van der Waals surface area contributed by atoms with E-state index < -0.39 is 17.4 Å². The van der Waals surface area contributed by atoms with Crippen LogP contribution < -0.4 is 0 Å². The second-order valence-electron chi connectivity index (χ2n) is 6.15. The van der Waals surface area contributed by atoms with Crippen LogP contribution in [-0.2, 0) is 38.3 Å². The van der Waals surface area contributed by atoms with Crippen LogP contribution in [0.4, 0.5) is 0 Å². The third-order valence-electron chi connectivity index (χ3n) is 4.85. The van der Waals surface area contributed by atoms with E-state index in [0.29, 0.717) is 18.7 Å². The van der Waals surface area contributed by atoms with Crippen LogP contribution in [-0.4, -0.2) is 32.0 Å². The minimum Gasteiger partial charge on any atom is -0.468 e. The number of hydrogen-bond acceptors (Lipinski definition) is 4. The minimum atomic E-state index is -1.26. The fraction of sp³-hybridized carbons (Fsp3) is 0.556. The molecule has 0 aromatic heterocycles. The van der Waals surface area contributed by atoms with Crippen LogP contribution in [0, 0.1) is 19.3 Å². The summed E-state index contributed by atoms with van der Waals surface area (Å²) in [6.07, 6.45) is 2.47. The van der Waals surface area contributed by atoms with Gasteiger partial charge in [0.2, 0.25) is 0 Å². The zero-order valence-corrected chi connectivity index (χ0v) is 14.9. The summed E-state index contributed by atoms with van der Waals surface area (Å²) in [5.74, 6) is -0.438. The van der Waals surface area contributed by atoms with Gasteiger partial charge >= 0.3 is 11.9 Å². The summed E-state index contributed by atoms with van der Waals surface area (Å²) in [6, 6.07) is 2.14. The largest absolute Gasteiger partial charge is 0.468 e. The van der Waals surface area contributed by atoms with Gasteiger partial charge in [0, 0.05) is 18.7 Å². The number of esters is 2. The van der Waals surface area contributed by atoms with E-state index in [1.807, 2.05) is 13.8 Å². The van der Waals surface area contributed by atoms with E-state index in [-0.39, 0.29) is 0 Å². The molecule has 0 atom stereocenters. The molecule has 0 amide bonds. The molecule has 23 heavy (non-hydrogen) atoms. The number of carbonyl (C=O) groups is 2. The molecule has 0 bridgehead atoms. The van der Waals surface area contributed by atoms with Crippen molar-refractivity contribution in [2.24, 2.45) is 5.41 Å². The number of ether oxygens (including phenoxy) is 2. The Kier molecular flexibility index (Phi) is 5.35. The first-order chi connectivity index (χ1) is 10.9. The van der Waals surface area contributed by atoms with Gasteiger partial charge in [0.25, 0.3) is 0 Å². The maximum absolute atomic E-state index is 12.3. The number of halogens is 1. The van der Waals surface area contributed by atoms with E-state index in [9.17, 15) is 9.59 Å². The number of carbonyl (C=O) groups excluding carboxylic acids is 2. The molecular weight excluding hydrogens is 316 g/mol. The summed E-state index contributed by atoms with van der Waals surface area (Å²) in [5, 5.41) is 0. The third-order valence-corrected chi connectivity index (χ3v) is 5.12. The number of aryl methyl sites for hydroxylation is 2. The van der Waals surface area contributed by atoms with Crippen molar-refractivity contribution in [3.63, 3.8) is 0 Å². The first-order valence-corrected chi connectivity index (χ1v) is 8.28. The molecule has 1 aliphatic carbocycles. The molecule has 0 saturated heterocycles. The van der Waals surface area contributed by atoms with Gasteiger partial charge in [0.15, 0.2) is 5.41 Å². The number of fused-ring (bicyclic) bond motifs is 1. The Morgan fingerprint density at radius 1 is 1.13 bits per heavy atom. The van der Waals surface area contributed by atoms with Crippen molar-refractivity contribution in [1.29, 1.82) is 0 Å². The molecule has 126 valence electrons. The summed E-state index contributed by atoms with van der Waals surface area (Å²) in [4.78, 5) is 24.7. The van der Waals surface area contributed by atoms with E-state index in [2.05, 4.69) is 6.07 Å². The highest BCUT2D eigenvalue weighted by Gasteiger charge is 2.53. The predicted octanol–water partition coefficient (Wildman–Crippen LogP) is 2.91. The Bertz CT molecular complexity index is 620. The topological polar surface area (TPSA) is 52.6 Å². The zero-order valence-electron chi connectivity index (χ0n) is 14.1. The Morgan fingerprint density at radius 3 is 2.22 bits per heavy atom. The number of alkyl halides is 1. The van der Waals surface area contributed by atoms with Crippen molar-refractivity contribution in [3.05, 3.63) is 33.9 Å². The maximum Gasteiger partial charge on any atom is 0.323 e. The van der Waals surface area contributed by atoms with Crippen molar-refractivity contribution in [3.8, 4) is 0 Å². The molecule has 0 fully saturated rings. The molecule has 0 heterocycles. The second-order valence-corrected chi connectivity index (χ2v) is 6.52. The van der Waals surface area contributed by atoms with Gasteiger partial charge in [-0.05, 0) is 54.5 Å². The van der Waals surface area contributed by atoms with Gasteiger partial charge in [-0.2, -0.15) is 0 Å². The van der Waals surface area contributed by atoms with Crippen LogP contribution in [0.5, 0.6) is 0 Å². The SMILES string of the molecule is COC(=O)C1(C(=O)OC)Cc2c(C)cc(CCCCl)c(C)c2C1. The lowest BCUT2D eigenvalue weighted by molar-refractivity contribution is -0.168. The van der Waals surface area contributed by atoms with Gasteiger partial charge in [-0.1, -0.05) is 6.07 Å². The Hall–Kier alpha value is -1.55. The standard InChI is InChI=1S/C18H23ClO4/c1-11-8-13(6-5-7-19)12(2)15-10-18(9-14(11)15,16(20)22-3)17(21)23-4/h8H,5-7,9-10H2,1-4H3. The van der Waals surface area contributed by atoms with Gasteiger partial charge in [0.05, 0.1) is 14.2 Å². The monoisotopic (exact) mass is 338 g/mol. The summed E-state index contributed by atoms with van der Waals surface area (Å²) in [7, 11) is 2.61. The Labute approximate surface area is 142 Å². The smallest absolute Gasteiger partial charge is 0.323 e. The minimum absolute atomic E-state index is 0.336. The van der Waals surface area contributed by atoms with Crippen LogP contribution >= 0.6 is 11.6 Å². The van der Waals surface area contributed by atoms with E-state index in [0.717, 1.165) is 35.1 Å². The summed E-state index contributed by atoms with van der Waals surface area (Å²) in [6.45, 7) is 4.07. The second kappa shape index (κ2) is 6.91. The van der Waals surface area contributed by atoms with Gasteiger partial charge in [-0.25, -0.2) is 0 Å². The highest BCUT2D eigenvalue weighted by atomic mass is 35.5. The molecule has 0 aliphatic heterocycles. The normalized spacial score (nSPS) is 15.2. The van der Waals surface area contributed by atoms with Crippen molar-refractivity contribution in [1.82, 2.24) is 0 Å². The highest BCUT2D eigenvalue weighted by molar-refractivity contribution is 6.17. The summed E-state index contributed by atoms with van der Waals surface area (Å²) >= 11 is 5.80. The summed E-state index contributed by atoms with van der Waals surface area (Å²) < 4.78 is 9.82. The molecule has 0 saturated carbocycles. The Balaban J connectivity index is 2.50. The van der Waals surface area contributed by atoms with E-state index in [1.54, 1.807) is 0 Å². The van der Waals surface area contributed by atoms with Crippen LogP contribution in [0.1, 0.15) is 34.2 Å². The zero-order chi connectivity index (χ0) is 17.2. The molecule has 1 aromatic rings. The fourth-order valence-corrected chi connectivity index (χ4v) is 3.68. The van der Waals surface area contributed by atoms with Gasteiger partial charge < -0.3 is 9.47 Å². The number of rotatable bonds is 5. The van der Waals surface area contributed by atoms with E-state index >= 15 is 0 Å². The van der Waals surface area contributed by atoms with Gasteiger partial charge in [-0.3, -0.25) is 9.59 Å². The Morgan fingerprint density at radius 2 is 1.70 bits per heavy atom. The maximum atomic E-state index is 12.3. The number of hydrogen-bond donors (Lipinski definition) is 0. The average molecular weight is 339 g/mol. The van der Waals surface area contributed by atoms with Gasteiger partial charge in [0.1, 0.15) is 0 Å². The lowest BCUT2D eigenvalue weighted by Crippen LogP contribution is -2.42. The van der Waals surface area contributed by atoms with Crippen molar-refractivity contribution in [2.75, 3.05) is 20.1 Å². The molecule has 5 heteroatoms. The molecule has 0 spiro atoms. The lowest BCUT2D eigenvalue weighted by atomic mass is 9.84. The molecule has 1 aliphatic rings. The van der Waals surface area contributed by atoms with Gasteiger partial charge in [-0.15, -0.1) is 11.6 Å². The first-order valence-electron chi connectivity index (χ1n) is 7.75. The van der Waals surface area contributed by atoms with Crippen molar-refractivity contribution >= 4 is 23.5 Å². The fourth-order valence-electron chi connectivity index (χ4n) is 3.55. The molecule has 0 radical (unpaired) electrons. The molecule has 0 unspecified atom stereocenters. The first kappa shape index (κ1) is 17.8. The number of benzene rings is 1. The molecule has 0 N–H and O–H groups in total. The molecule has 2 rings (SSSR count). The van der Waals surface area contributed by atoms with Crippen LogP contribution in [0.2, 0.25) is 0 Å². The van der Waals surface area contributed by atoms with Crippen LogP contribution in [0.3, 0.4) is 0 Å². The average Bonchev–Trinajstić information content (AvgIpc) is 2.98. The van der Waals surface area contributed by atoms with Crippen molar-refractivity contribution in [2.45, 2.75) is 39.5 Å². The van der Waals surface area contributed by atoms with Crippen LogP contribution in [0.15, 0.2) is 6.07 Å². The lowest BCUT2D eigenvalue weighted by Gasteiger charge is -2.22. The van der Waals surface area contributed by atoms with Crippen LogP contribution in [0.25, 0.3) is 0 Å². The molecular formula is C18H23ClO4. The predicted molar refractivity (Wildman–Crippen MR) is 88.8 cm³/mol. The third kappa shape index (κ3) is 2.97. The number of methoxy groups -OCH3 is 2. The quantitative estimate of drug-likeness (QED) is 0.470. The highest BCUT2D eigenvalue weighted by Crippen LogP contribution is 2.43. The van der Waals surface area contributed by atoms with E-state index in [1.165, 1.54) is 19.8 Å². The van der Waals surface area contributed by atoms with E-state index in [4.69, 9.17) is 21.1 Å². The summed E-state index contributed by atoms with van der Waals surface area (Å²) in [5.41, 5.74) is 4.35. The molecule has 1 aromatic carbocycles.